The van der Waals surface area contributed by atoms with E-state index in [9.17, 15) is 21.6 Å². The number of nitrogens with two attached hydrogens (primary N) is 2. The molecule has 0 bridgehead atoms. The van der Waals surface area contributed by atoms with Gasteiger partial charge in [0.05, 0.1) is 0 Å². The Morgan fingerprint density at radius 2 is 1.30 bits per heavy atom. The molecule has 0 amide bonds. The first kappa shape index (κ1) is 12.3. The number of sulfone groups is 1. The number of hydrogen-bond donors (Lipinski definition) is 2. The van der Waals surface area contributed by atoms with Crippen LogP contribution >= 0.6 is 0 Å². The van der Waals surface area contributed by atoms with E-state index >= 15 is 0 Å². The zero-order chi connectivity index (χ0) is 9.00. The summed E-state index contributed by atoms with van der Waals surface area (Å²) in [5.74, 6) is 8.00. The fraction of sp³-hybridized carbons (Fsp3) is 1.00. The van der Waals surface area contributed by atoms with Gasteiger partial charge in [0.25, 0.3) is 0 Å². The highest BCUT2D eigenvalue weighted by Gasteiger charge is 2.41. The van der Waals surface area contributed by atoms with E-state index in [-0.39, 0.29) is 6.26 Å². The molecule has 0 aromatic heterocycles. The number of rotatable bonds is 0. The zero-order valence-corrected chi connectivity index (χ0v) is 5.83. The van der Waals surface area contributed by atoms with Crippen molar-refractivity contribution in [3.05, 3.63) is 0 Å². The fourth-order valence-corrected chi connectivity index (χ4v) is 0. The Labute approximate surface area is 55.9 Å². The molecule has 0 rings (SSSR count). The Morgan fingerprint density at radius 1 is 1.20 bits per heavy atom. The lowest BCUT2D eigenvalue weighted by Gasteiger charge is -1.99. The van der Waals surface area contributed by atoms with Crippen LogP contribution in [0.3, 0.4) is 0 Å². The maximum Gasteiger partial charge on any atom is 0.497 e. The van der Waals surface area contributed by atoms with Crippen molar-refractivity contribution in [2.75, 3.05) is 6.26 Å². The van der Waals surface area contributed by atoms with E-state index < -0.39 is 15.3 Å². The minimum absolute atomic E-state index is 0.118. The van der Waals surface area contributed by atoms with E-state index in [0.29, 0.717) is 0 Å². The summed E-state index contributed by atoms with van der Waals surface area (Å²) in [5, 5.41) is 0. The van der Waals surface area contributed by atoms with Crippen LogP contribution in [0.5, 0.6) is 0 Å². The Kier molecular flexibility index (Phi) is 4.61. The molecule has 0 aliphatic carbocycles. The van der Waals surface area contributed by atoms with Crippen molar-refractivity contribution in [2.45, 2.75) is 5.51 Å². The number of hydrazine groups is 1. The summed E-state index contributed by atoms with van der Waals surface area (Å²) < 4.78 is 52.0. The molecule has 0 saturated carbocycles. The second kappa shape index (κ2) is 3.74. The van der Waals surface area contributed by atoms with E-state index in [2.05, 4.69) is 11.7 Å². The molecule has 10 heavy (non-hydrogen) atoms. The molecule has 0 radical (unpaired) electrons. The predicted octanol–water partition coefficient (Wildman–Crippen LogP) is -0.630. The lowest BCUT2D eigenvalue weighted by Crippen LogP contribution is -2.20. The quantitative estimate of drug-likeness (QED) is 0.384. The average molecular weight is 180 g/mol. The molecule has 4 nitrogen and oxygen atoms in total. The van der Waals surface area contributed by atoms with Crippen molar-refractivity contribution >= 4 is 9.84 Å². The second-order valence-electron chi connectivity index (χ2n) is 1.22. The van der Waals surface area contributed by atoms with Gasteiger partial charge in [0, 0.05) is 6.26 Å². The first-order chi connectivity index (χ1) is 4.25. The molecule has 0 aliphatic heterocycles. The van der Waals surface area contributed by atoms with Crippen LogP contribution in [0.2, 0.25) is 0 Å². The Bertz CT molecular complexity index is 171. The third-order valence-electron chi connectivity index (χ3n) is 0.420. The van der Waals surface area contributed by atoms with Crippen molar-refractivity contribution in [2.24, 2.45) is 11.7 Å². The van der Waals surface area contributed by atoms with Gasteiger partial charge in [0.15, 0.2) is 0 Å². The van der Waals surface area contributed by atoms with Crippen LogP contribution in [-0.2, 0) is 9.84 Å². The van der Waals surface area contributed by atoms with E-state index in [1.807, 2.05) is 0 Å². The van der Waals surface area contributed by atoms with Crippen LogP contribution in [0.25, 0.3) is 0 Å². The predicted molar refractivity (Wildman–Crippen MR) is 29.3 cm³/mol. The molecular formula is C2H7F3N2O2S. The highest BCUT2D eigenvalue weighted by Crippen LogP contribution is 2.20. The van der Waals surface area contributed by atoms with Crippen LogP contribution in [0.15, 0.2) is 0 Å². The number of hydrogen-bond acceptors (Lipinski definition) is 4. The van der Waals surface area contributed by atoms with Crippen LogP contribution in [0.1, 0.15) is 0 Å². The molecule has 0 spiro atoms. The summed E-state index contributed by atoms with van der Waals surface area (Å²) in [4.78, 5) is 0. The molecule has 0 atom stereocenters. The third-order valence-corrected chi connectivity index (χ3v) is 1.26. The summed E-state index contributed by atoms with van der Waals surface area (Å²) in [6, 6.07) is 0. The van der Waals surface area contributed by atoms with Crippen molar-refractivity contribution in [3.63, 3.8) is 0 Å². The lowest BCUT2D eigenvalue weighted by molar-refractivity contribution is -0.0429. The summed E-state index contributed by atoms with van der Waals surface area (Å²) in [5.41, 5.74) is -5.09. The molecule has 0 aliphatic rings. The molecule has 64 valence electrons. The molecule has 0 aromatic carbocycles. The number of halogens is 3. The van der Waals surface area contributed by atoms with Crippen LogP contribution in [0.4, 0.5) is 13.2 Å². The number of alkyl halides is 3. The van der Waals surface area contributed by atoms with Gasteiger partial charge in [-0.2, -0.15) is 13.2 Å². The van der Waals surface area contributed by atoms with Crippen molar-refractivity contribution in [1.82, 2.24) is 0 Å². The normalized spacial score (nSPS) is 11.8. The van der Waals surface area contributed by atoms with Gasteiger partial charge in [-0.15, -0.1) is 0 Å². The molecular weight excluding hydrogens is 173 g/mol. The van der Waals surface area contributed by atoms with Crippen LogP contribution in [0, 0.1) is 0 Å². The largest absolute Gasteiger partial charge is 0.497 e. The molecule has 0 fully saturated rings. The minimum Gasteiger partial charge on any atom is -0.274 e. The molecule has 0 heterocycles. The van der Waals surface area contributed by atoms with Crippen LogP contribution < -0.4 is 11.7 Å². The summed E-state index contributed by atoms with van der Waals surface area (Å²) >= 11 is 0. The molecule has 0 unspecified atom stereocenters. The zero-order valence-electron chi connectivity index (χ0n) is 5.01. The Balaban J connectivity index is 0. The monoisotopic (exact) mass is 180 g/mol. The highest BCUT2D eigenvalue weighted by molar-refractivity contribution is 7.91. The second-order valence-corrected chi connectivity index (χ2v) is 3.23. The highest BCUT2D eigenvalue weighted by atomic mass is 32.2. The molecule has 4 N–H and O–H groups in total. The van der Waals surface area contributed by atoms with E-state index in [4.69, 9.17) is 0 Å². The van der Waals surface area contributed by atoms with Crippen LogP contribution in [-0.4, -0.2) is 20.2 Å². The summed E-state index contributed by atoms with van der Waals surface area (Å²) in [6.07, 6.45) is 0.118. The Morgan fingerprint density at radius 3 is 1.30 bits per heavy atom. The fourth-order valence-electron chi connectivity index (χ4n) is 0. The maximum absolute atomic E-state index is 11.0. The molecule has 8 heteroatoms. The first-order valence-electron chi connectivity index (χ1n) is 1.85. The van der Waals surface area contributed by atoms with E-state index in [1.54, 1.807) is 0 Å². The Hall–Kier alpha value is -0.340. The van der Waals surface area contributed by atoms with Gasteiger partial charge >= 0.3 is 5.51 Å². The first-order valence-corrected chi connectivity index (χ1v) is 3.74. The molecule has 0 saturated heterocycles. The summed E-state index contributed by atoms with van der Waals surface area (Å²) in [7, 11) is -4.84. The van der Waals surface area contributed by atoms with Crippen molar-refractivity contribution < 1.29 is 21.6 Å². The van der Waals surface area contributed by atoms with Gasteiger partial charge < -0.3 is 0 Å². The van der Waals surface area contributed by atoms with Gasteiger partial charge in [-0.25, -0.2) is 8.42 Å². The van der Waals surface area contributed by atoms with Crippen molar-refractivity contribution in [3.8, 4) is 0 Å². The van der Waals surface area contributed by atoms with Gasteiger partial charge in [0.1, 0.15) is 0 Å². The van der Waals surface area contributed by atoms with Gasteiger partial charge in [-0.05, 0) is 0 Å². The topological polar surface area (TPSA) is 86.2 Å². The smallest absolute Gasteiger partial charge is 0.274 e. The lowest BCUT2D eigenvalue weighted by atomic mass is 11.6. The maximum atomic E-state index is 11.0. The average Bonchev–Trinajstić information content (AvgIpc) is 1.66. The van der Waals surface area contributed by atoms with Gasteiger partial charge in [-0.3, -0.25) is 11.7 Å². The van der Waals surface area contributed by atoms with Crippen molar-refractivity contribution in [1.29, 1.82) is 0 Å². The van der Waals surface area contributed by atoms with Gasteiger partial charge in [-0.1, -0.05) is 0 Å². The molecule has 0 aromatic rings. The minimum atomic E-state index is -5.09. The van der Waals surface area contributed by atoms with Gasteiger partial charge in [0.2, 0.25) is 9.84 Å². The SMILES string of the molecule is CS(=O)(=O)C(F)(F)F.NN. The third kappa shape index (κ3) is 4.53. The van der Waals surface area contributed by atoms with E-state index in [0.717, 1.165) is 0 Å². The standard InChI is InChI=1S/C2H3F3O2S.H4N2/c1-8(6,7)2(3,4)5;1-2/h1H3;1-2H2. The van der Waals surface area contributed by atoms with E-state index in [1.165, 1.54) is 0 Å². The summed E-state index contributed by atoms with van der Waals surface area (Å²) in [6.45, 7) is 0.